The lowest BCUT2D eigenvalue weighted by Gasteiger charge is -2.02. The number of esters is 1. The van der Waals surface area contributed by atoms with Crippen LogP contribution in [0.25, 0.3) is 17.0 Å². The van der Waals surface area contributed by atoms with Gasteiger partial charge in [0.25, 0.3) is 5.82 Å². The summed E-state index contributed by atoms with van der Waals surface area (Å²) in [7, 11) is 0. The minimum absolute atomic E-state index is 0.0379. The van der Waals surface area contributed by atoms with Gasteiger partial charge in [-0.15, -0.1) is 5.10 Å². The summed E-state index contributed by atoms with van der Waals surface area (Å²) >= 11 is 0. The minimum Gasteiger partial charge on any atom is -0.460 e. The zero-order valence-electron chi connectivity index (χ0n) is 11.9. The van der Waals surface area contributed by atoms with E-state index in [4.69, 9.17) is 4.74 Å². The molecule has 3 rings (SSSR count). The average Bonchev–Trinajstić information content (AvgIpc) is 2.93. The fourth-order valence-electron chi connectivity index (χ4n) is 1.89. The maximum Gasteiger partial charge on any atom is 0.378 e. The molecule has 3 aromatic heterocycles. The molecule has 0 amide bonds. The molecule has 0 aromatic carbocycles. The normalized spacial score (nSPS) is 10.9. The van der Waals surface area contributed by atoms with Crippen molar-refractivity contribution in [3.05, 3.63) is 41.9 Å². The van der Waals surface area contributed by atoms with Crippen LogP contribution in [0.4, 0.5) is 4.39 Å². The third-order valence-electron chi connectivity index (χ3n) is 2.99. The lowest BCUT2D eigenvalue weighted by atomic mass is 10.2. The molecule has 22 heavy (non-hydrogen) atoms. The second-order valence-electron chi connectivity index (χ2n) is 4.55. The summed E-state index contributed by atoms with van der Waals surface area (Å²) in [6.07, 6.45) is 4.18. The Morgan fingerprint density at radius 1 is 1.32 bits per heavy atom. The Labute approximate surface area is 124 Å². The van der Waals surface area contributed by atoms with Crippen LogP contribution in [0.15, 0.2) is 24.7 Å². The van der Waals surface area contributed by atoms with Gasteiger partial charge in [0.1, 0.15) is 11.5 Å². The van der Waals surface area contributed by atoms with Gasteiger partial charge >= 0.3 is 5.97 Å². The Bertz CT molecular complexity index is 862. The smallest absolute Gasteiger partial charge is 0.378 e. The van der Waals surface area contributed by atoms with E-state index in [0.717, 1.165) is 6.20 Å². The van der Waals surface area contributed by atoms with E-state index in [2.05, 4.69) is 20.1 Å². The van der Waals surface area contributed by atoms with Crippen molar-refractivity contribution >= 4 is 11.6 Å². The van der Waals surface area contributed by atoms with Crippen LogP contribution < -0.4 is 0 Å². The Morgan fingerprint density at radius 3 is 2.82 bits per heavy atom. The van der Waals surface area contributed by atoms with Crippen molar-refractivity contribution in [1.82, 2.24) is 24.6 Å². The molecule has 0 radical (unpaired) electrons. The second kappa shape index (κ2) is 5.47. The van der Waals surface area contributed by atoms with E-state index in [-0.39, 0.29) is 18.2 Å². The summed E-state index contributed by atoms with van der Waals surface area (Å²) in [4.78, 5) is 23.9. The molecule has 0 aliphatic heterocycles. The number of carbonyl (C=O) groups is 1. The maximum absolute atomic E-state index is 13.3. The number of fused-ring (bicyclic) bond motifs is 1. The molecule has 0 aliphatic rings. The SMILES string of the molecule is CCOC(=O)c1nc2cnc(-c3cc(C)c(F)cn3)cn2n1. The molecular weight excluding hydrogens is 289 g/mol. The number of nitrogens with zero attached hydrogens (tertiary/aromatic N) is 5. The van der Waals surface area contributed by atoms with Crippen LogP contribution in [0, 0.1) is 12.7 Å². The number of hydrogen-bond donors (Lipinski definition) is 0. The van der Waals surface area contributed by atoms with Crippen LogP contribution >= 0.6 is 0 Å². The topological polar surface area (TPSA) is 82.3 Å². The van der Waals surface area contributed by atoms with Gasteiger partial charge in [-0.3, -0.25) is 4.98 Å². The van der Waals surface area contributed by atoms with Gasteiger partial charge in [-0.2, -0.15) is 4.98 Å². The molecule has 0 unspecified atom stereocenters. The summed E-state index contributed by atoms with van der Waals surface area (Å²) in [6.45, 7) is 3.60. The van der Waals surface area contributed by atoms with Crippen molar-refractivity contribution in [2.24, 2.45) is 0 Å². The number of ether oxygens (including phenoxy) is 1. The molecule has 0 saturated heterocycles. The van der Waals surface area contributed by atoms with Crippen molar-refractivity contribution in [2.45, 2.75) is 13.8 Å². The first kappa shape index (κ1) is 14.1. The summed E-state index contributed by atoms with van der Waals surface area (Å²) in [5.74, 6) is -1.01. The number of hydrogen-bond acceptors (Lipinski definition) is 6. The van der Waals surface area contributed by atoms with Crippen LogP contribution in [-0.4, -0.2) is 37.1 Å². The van der Waals surface area contributed by atoms with Gasteiger partial charge in [0.05, 0.1) is 30.9 Å². The average molecular weight is 301 g/mol. The zero-order valence-corrected chi connectivity index (χ0v) is 11.9. The number of aryl methyl sites for hydroxylation is 1. The predicted molar refractivity (Wildman–Crippen MR) is 74.7 cm³/mol. The molecule has 3 heterocycles. The van der Waals surface area contributed by atoms with Gasteiger partial charge in [0, 0.05) is 0 Å². The standard InChI is InChI=1S/C14H12FN5O2/c1-3-22-14(21)13-18-12-6-17-11(7-20(12)19-13)10-4-8(2)9(15)5-16-10/h4-7H,3H2,1-2H3. The third-order valence-corrected chi connectivity index (χ3v) is 2.99. The highest BCUT2D eigenvalue weighted by Gasteiger charge is 2.15. The lowest BCUT2D eigenvalue weighted by Crippen LogP contribution is -2.06. The summed E-state index contributed by atoms with van der Waals surface area (Å²) < 4.78 is 19.5. The number of aromatic nitrogens is 5. The summed E-state index contributed by atoms with van der Waals surface area (Å²) in [5, 5.41) is 4.05. The first-order valence-electron chi connectivity index (χ1n) is 6.60. The molecule has 0 bridgehead atoms. The van der Waals surface area contributed by atoms with E-state index in [1.807, 2.05) is 0 Å². The molecule has 112 valence electrons. The van der Waals surface area contributed by atoms with Crippen molar-refractivity contribution in [2.75, 3.05) is 6.61 Å². The van der Waals surface area contributed by atoms with Crippen molar-refractivity contribution in [3.8, 4) is 11.4 Å². The van der Waals surface area contributed by atoms with Crippen LogP contribution in [0.2, 0.25) is 0 Å². The fraction of sp³-hybridized carbons (Fsp3) is 0.214. The molecule has 0 aliphatic carbocycles. The molecule has 8 heteroatoms. The largest absolute Gasteiger partial charge is 0.460 e. The van der Waals surface area contributed by atoms with Gasteiger partial charge in [0.2, 0.25) is 0 Å². The number of carbonyl (C=O) groups excluding carboxylic acids is 1. The van der Waals surface area contributed by atoms with E-state index in [1.165, 1.54) is 10.7 Å². The van der Waals surface area contributed by atoms with Crippen LogP contribution in [0.1, 0.15) is 23.1 Å². The molecule has 0 atom stereocenters. The Kier molecular flexibility index (Phi) is 3.50. The van der Waals surface area contributed by atoms with Crippen molar-refractivity contribution < 1.29 is 13.9 Å². The summed E-state index contributed by atoms with van der Waals surface area (Å²) in [5.41, 5.74) is 1.88. The van der Waals surface area contributed by atoms with E-state index in [1.54, 1.807) is 26.1 Å². The van der Waals surface area contributed by atoms with Crippen molar-refractivity contribution in [1.29, 1.82) is 0 Å². The van der Waals surface area contributed by atoms with E-state index in [9.17, 15) is 9.18 Å². The summed E-state index contributed by atoms with van der Waals surface area (Å²) in [6, 6.07) is 1.59. The van der Waals surface area contributed by atoms with Gasteiger partial charge in [-0.1, -0.05) is 0 Å². The first-order valence-corrected chi connectivity index (χ1v) is 6.60. The molecule has 7 nitrogen and oxygen atoms in total. The van der Waals surface area contributed by atoms with Crippen molar-refractivity contribution in [3.63, 3.8) is 0 Å². The van der Waals surface area contributed by atoms with Crippen LogP contribution in [0.3, 0.4) is 0 Å². The molecule has 0 N–H and O–H groups in total. The fourth-order valence-corrected chi connectivity index (χ4v) is 1.89. The van der Waals surface area contributed by atoms with Gasteiger partial charge < -0.3 is 4.74 Å². The highest BCUT2D eigenvalue weighted by molar-refractivity contribution is 5.85. The number of pyridine rings is 1. The Balaban J connectivity index is 2.02. The Morgan fingerprint density at radius 2 is 2.09 bits per heavy atom. The second-order valence-corrected chi connectivity index (χ2v) is 4.55. The lowest BCUT2D eigenvalue weighted by molar-refractivity contribution is 0.0512. The van der Waals surface area contributed by atoms with Gasteiger partial charge in [-0.05, 0) is 25.5 Å². The molecule has 3 aromatic rings. The maximum atomic E-state index is 13.3. The van der Waals surface area contributed by atoms with E-state index < -0.39 is 5.97 Å². The third kappa shape index (κ3) is 2.50. The van der Waals surface area contributed by atoms with Gasteiger partial charge in [-0.25, -0.2) is 18.7 Å². The van der Waals surface area contributed by atoms with Crippen LogP contribution in [0.5, 0.6) is 0 Å². The molecule has 0 fully saturated rings. The number of rotatable bonds is 3. The molecular formula is C14H12FN5O2. The molecule has 0 saturated carbocycles. The van der Waals surface area contributed by atoms with E-state index >= 15 is 0 Å². The van der Waals surface area contributed by atoms with E-state index in [0.29, 0.717) is 22.6 Å². The predicted octanol–water partition coefficient (Wildman–Crippen LogP) is 1.81. The Hall–Kier alpha value is -2.90. The highest BCUT2D eigenvalue weighted by Crippen LogP contribution is 2.17. The quantitative estimate of drug-likeness (QED) is 0.686. The zero-order chi connectivity index (χ0) is 15.7. The molecule has 0 spiro atoms. The highest BCUT2D eigenvalue weighted by atomic mass is 19.1. The monoisotopic (exact) mass is 301 g/mol. The number of halogens is 1. The van der Waals surface area contributed by atoms with Gasteiger partial charge in [0.15, 0.2) is 5.65 Å². The van der Waals surface area contributed by atoms with Crippen LogP contribution in [-0.2, 0) is 4.74 Å². The minimum atomic E-state index is -0.594. The first-order chi connectivity index (χ1) is 10.6.